The first-order chi connectivity index (χ1) is 4.83. The molecule has 2 nitrogen and oxygen atoms in total. The molecule has 2 heteroatoms. The molecule has 2 aliphatic rings. The molecule has 4 unspecified atom stereocenters. The molecule has 0 radical (unpaired) electrons. The lowest BCUT2D eigenvalue weighted by atomic mass is 9.93. The van der Waals surface area contributed by atoms with Crippen LogP contribution in [0.2, 0.25) is 0 Å². The smallest absolute Gasteiger partial charge is 0.0791 e. The molecule has 0 aromatic carbocycles. The first-order valence-electron chi connectivity index (χ1n) is 3.59. The van der Waals surface area contributed by atoms with Gasteiger partial charge in [-0.25, -0.2) is 0 Å². The third-order valence-corrected chi connectivity index (χ3v) is 2.57. The summed E-state index contributed by atoms with van der Waals surface area (Å²) in [6, 6.07) is 2.14. The molecule has 0 aliphatic heterocycles. The lowest BCUT2D eigenvalue weighted by Gasteiger charge is -2.15. The van der Waals surface area contributed by atoms with Crippen LogP contribution in [0.1, 0.15) is 6.42 Å². The lowest BCUT2D eigenvalue weighted by molar-refractivity contribution is 0.120. The van der Waals surface area contributed by atoms with Gasteiger partial charge in [-0.2, -0.15) is 5.26 Å². The van der Waals surface area contributed by atoms with Gasteiger partial charge in [0.1, 0.15) is 0 Å². The number of hydrogen-bond donors (Lipinski definition) is 1. The highest BCUT2D eigenvalue weighted by atomic mass is 16.3. The molecule has 0 heterocycles. The first kappa shape index (κ1) is 5.94. The van der Waals surface area contributed by atoms with Gasteiger partial charge in [0.2, 0.25) is 0 Å². The number of aliphatic hydroxyl groups is 1. The van der Waals surface area contributed by atoms with Crippen molar-refractivity contribution in [2.75, 3.05) is 0 Å². The van der Waals surface area contributed by atoms with Gasteiger partial charge >= 0.3 is 0 Å². The molecule has 52 valence electrons. The van der Waals surface area contributed by atoms with Gasteiger partial charge < -0.3 is 5.11 Å². The van der Waals surface area contributed by atoms with Gasteiger partial charge in [0.25, 0.3) is 0 Å². The van der Waals surface area contributed by atoms with Crippen LogP contribution in [0.3, 0.4) is 0 Å². The van der Waals surface area contributed by atoms with Crippen LogP contribution < -0.4 is 0 Å². The summed E-state index contributed by atoms with van der Waals surface area (Å²) in [5.41, 5.74) is 0. The molecule has 1 fully saturated rings. The Morgan fingerprint density at radius 2 is 2.10 bits per heavy atom. The first-order valence-corrected chi connectivity index (χ1v) is 3.59. The second kappa shape index (κ2) is 1.83. The van der Waals surface area contributed by atoms with E-state index in [0.29, 0.717) is 5.92 Å². The Morgan fingerprint density at radius 1 is 1.40 bits per heavy atom. The number of fused-ring (bicyclic) bond motifs is 2. The fourth-order valence-electron chi connectivity index (χ4n) is 1.97. The monoisotopic (exact) mass is 135 g/mol. The van der Waals surface area contributed by atoms with Crippen LogP contribution in [0.25, 0.3) is 0 Å². The van der Waals surface area contributed by atoms with E-state index in [4.69, 9.17) is 5.26 Å². The van der Waals surface area contributed by atoms with Crippen LogP contribution >= 0.6 is 0 Å². The van der Waals surface area contributed by atoms with Crippen LogP contribution in [0, 0.1) is 29.1 Å². The molecular formula is C8H9NO. The van der Waals surface area contributed by atoms with Gasteiger partial charge in [0, 0.05) is 5.92 Å². The van der Waals surface area contributed by atoms with Crippen LogP contribution in [-0.4, -0.2) is 11.2 Å². The van der Waals surface area contributed by atoms with Gasteiger partial charge in [-0.05, 0) is 12.3 Å². The molecule has 10 heavy (non-hydrogen) atoms. The summed E-state index contributed by atoms with van der Waals surface area (Å²) in [4.78, 5) is 0. The molecular weight excluding hydrogens is 126 g/mol. The SMILES string of the molecule is N#CC1C2C=CC(C2)C1O. The molecule has 0 aromatic heterocycles. The van der Waals surface area contributed by atoms with Crippen molar-refractivity contribution in [1.29, 1.82) is 5.26 Å². The molecule has 4 atom stereocenters. The molecule has 1 saturated carbocycles. The molecule has 2 bridgehead atoms. The van der Waals surface area contributed by atoms with Crippen molar-refractivity contribution in [2.45, 2.75) is 12.5 Å². The molecule has 0 spiro atoms. The number of nitriles is 1. The highest BCUT2D eigenvalue weighted by Crippen LogP contribution is 2.43. The lowest BCUT2D eigenvalue weighted by Crippen LogP contribution is -2.22. The number of allylic oxidation sites excluding steroid dienone is 1. The Morgan fingerprint density at radius 3 is 2.50 bits per heavy atom. The molecule has 2 aliphatic carbocycles. The maximum atomic E-state index is 9.41. The van der Waals surface area contributed by atoms with E-state index in [9.17, 15) is 5.11 Å². The summed E-state index contributed by atoms with van der Waals surface area (Å²) >= 11 is 0. The molecule has 0 aromatic rings. The highest BCUT2D eigenvalue weighted by Gasteiger charge is 2.43. The number of aliphatic hydroxyl groups excluding tert-OH is 1. The van der Waals surface area contributed by atoms with E-state index in [1.807, 2.05) is 6.08 Å². The van der Waals surface area contributed by atoms with Crippen molar-refractivity contribution < 1.29 is 5.11 Å². The summed E-state index contributed by atoms with van der Waals surface area (Å²) in [6.45, 7) is 0. The Balaban J connectivity index is 2.28. The van der Waals surface area contributed by atoms with Crippen molar-refractivity contribution >= 4 is 0 Å². The average Bonchev–Trinajstić information content (AvgIpc) is 2.46. The van der Waals surface area contributed by atoms with Crippen molar-refractivity contribution in [3.63, 3.8) is 0 Å². The standard InChI is InChI=1S/C8H9NO/c9-4-7-5-1-2-6(3-5)8(7)10/h1-2,5-8,10H,3H2. The molecule has 0 amide bonds. The van der Waals surface area contributed by atoms with E-state index in [2.05, 4.69) is 12.1 Å². The summed E-state index contributed by atoms with van der Waals surface area (Å²) in [5, 5.41) is 18.0. The zero-order chi connectivity index (χ0) is 7.14. The van der Waals surface area contributed by atoms with Gasteiger partial charge in [0.05, 0.1) is 18.1 Å². The predicted molar refractivity (Wildman–Crippen MR) is 35.8 cm³/mol. The third-order valence-electron chi connectivity index (χ3n) is 2.57. The third kappa shape index (κ3) is 0.559. The van der Waals surface area contributed by atoms with E-state index < -0.39 is 0 Å². The zero-order valence-corrected chi connectivity index (χ0v) is 5.57. The Labute approximate surface area is 59.8 Å². The largest absolute Gasteiger partial charge is 0.391 e. The summed E-state index contributed by atoms with van der Waals surface area (Å²) < 4.78 is 0. The Kier molecular flexibility index (Phi) is 1.09. The minimum atomic E-state index is -0.389. The van der Waals surface area contributed by atoms with Crippen LogP contribution in [0.4, 0.5) is 0 Å². The quantitative estimate of drug-likeness (QED) is 0.497. The fraction of sp³-hybridized carbons (Fsp3) is 0.625. The van der Waals surface area contributed by atoms with Crippen molar-refractivity contribution in [3.05, 3.63) is 12.2 Å². The normalized spacial score (nSPS) is 49.6. The van der Waals surface area contributed by atoms with Crippen molar-refractivity contribution in [1.82, 2.24) is 0 Å². The van der Waals surface area contributed by atoms with Gasteiger partial charge in [-0.15, -0.1) is 0 Å². The summed E-state index contributed by atoms with van der Waals surface area (Å²) in [7, 11) is 0. The number of nitrogens with zero attached hydrogens (tertiary/aromatic N) is 1. The molecule has 2 rings (SSSR count). The van der Waals surface area contributed by atoms with Gasteiger partial charge in [-0.1, -0.05) is 12.2 Å². The van der Waals surface area contributed by atoms with Crippen LogP contribution in [0.15, 0.2) is 12.2 Å². The van der Waals surface area contributed by atoms with E-state index >= 15 is 0 Å². The van der Waals surface area contributed by atoms with Gasteiger partial charge in [-0.3, -0.25) is 0 Å². The van der Waals surface area contributed by atoms with E-state index in [0.717, 1.165) is 6.42 Å². The Hall–Kier alpha value is -0.810. The van der Waals surface area contributed by atoms with Crippen LogP contribution in [-0.2, 0) is 0 Å². The number of hydrogen-bond acceptors (Lipinski definition) is 2. The van der Waals surface area contributed by atoms with Crippen LogP contribution in [0.5, 0.6) is 0 Å². The zero-order valence-electron chi connectivity index (χ0n) is 5.57. The fourth-order valence-corrected chi connectivity index (χ4v) is 1.97. The van der Waals surface area contributed by atoms with Gasteiger partial charge in [0.15, 0.2) is 0 Å². The number of rotatable bonds is 0. The minimum Gasteiger partial charge on any atom is -0.391 e. The maximum absolute atomic E-state index is 9.41. The second-order valence-electron chi connectivity index (χ2n) is 3.09. The van der Waals surface area contributed by atoms with Crippen molar-refractivity contribution in [3.8, 4) is 6.07 Å². The van der Waals surface area contributed by atoms with E-state index in [1.165, 1.54) is 0 Å². The summed E-state index contributed by atoms with van der Waals surface area (Å²) in [5.74, 6) is 0.481. The summed E-state index contributed by atoms with van der Waals surface area (Å²) in [6.07, 6.45) is 4.69. The molecule has 1 N–H and O–H groups in total. The topological polar surface area (TPSA) is 44.0 Å². The van der Waals surface area contributed by atoms with Crippen molar-refractivity contribution in [2.24, 2.45) is 17.8 Å². The molecule has 0 saturated heterocycles. The average molecular weight is 135 g/mol. The Bertz CT molecular complexity index is 216. The predicted octanol–water partition coefficient (Wildman–Crippen LogP) is 0.693. The second-order valence-corrected chi connectivity index (χ2v) is 3.09. The highest BCUT2D eigenvalue weighted by molar-refractivity contribution is 5.18. The minimum absolute atomic E-state index is 0.130. The van der Waals surface area contributed by atoms with E-state index in [1.54, 1.807) is 0 Å². The maximum Gasteiger partial charge on any atom is 0.0791 e. The van der Waals surface area contributed by atoms with E-state index in [-0.39, 0.29) is 17.9 Å².